The molecule has 0 atom stereocenters. The van der Waals surface area contributed by atoms with E-state index < -0.39 is 10.8 Å². The number of nitrogens with zero attached hydrogens (tertiary/aromatic N) is 3. The molecule has 1 aliphatic rings. The summed E-state index contributed by atoms with van der Waals surface area (Å²) in [6, 6.07) is 9.85. The second kappa shape index (κ2) is 8.23. The van der Waals surface area contributed by atoms with Crippen molar-refractivity contribution in [2.75, 3.05) is 0 Å². The van der Waals surface area contributed by atoms with E-state index in [1.54, 1.807) is 19.1 Å². The van der Waals surface area contributed by atoms with Crippen molar-refractivity contribution in [3.8, 4) is 5.69 Å². The van der Waals surface area contributed by atoms with Crippen molar-refractivity contribution in [2.45, 2.75) is 40.2 Å². The van der Waals surface area contributed by atoms with Gasteiger partial charge in [0.1, 0.15) is 11.5 Å². The lowest BCUT2D eigenvalue weighted by molar-refractivity contribution is -0.384. The maximum Gasteiger partial charge on any atom is 0.295 e. The molecular formula is C24H23FN4O4. The van der Waals surface area contributed by atoms with Crippen LogP contribution in [0.15, 0.2) is 42.5 Å². The summed E-state index contributed by atoms with van der Waals surface area (Å²) in [5.41, 5.74) is 2.12. The Morgan fingerprint density at radius 3 is 2.58 bits per heavy atom. The number of nitro groups is 1. The summed E-state index contributed by atoms with van der Waals surface area (Å²) in [7, 11) is 0. The van der Waals surface area contributed by atoms with Crippen LogP contribution in [0.25, 0.3) is 5.69 Å². The van der Waals surface area contributed by atoms with Gasteiger partial charge in [-0.3, -0.25) is 19.7 Å². The Kier molecular flexibility index (Phi) is 5.57. The number of hydrogen-bond acceptors (Lipinski definition) is 5. The van der Waals surface area contributed by atoms with Crippen LogP contribution in [0.3, 0.4) is 0 Å². The minimum Gasteiger partial charge on any atom is -0.348 e. The summed E-state index contributed by atoms with van der Waals surface area (Å²) in [6.45, 7) is 5.82. The predicted molar refractivity (Wildman–Crippen MR) is 119 cm³/mol. The molecule has 170 valence electrons. The quantitative estimate of drug-likeness (QED) is 0.460. The second-order valence-corrected chi connectivity index (χ2v) is 9.03. The Bertz CT molecular complexity index is 1280. The van der Waals surface area contributed by atoms with Crippen LogP contribution in [0.5, 0.6) is 0 Å². The Morgan fingerprint density at radius 1 is 1.21 bits per heavy atom. The van der Waals surface area contributed by atoms with Gasteiger partial charge in [0.25, 0.3) is 11.6 Å². The molecule has 0 radical (unpaired) electrons. The van der Waals surface area contributed by atoms with Crippen molar-refractivity contribution >= 4 is 17.4 Å². The Balaban J connectivity index is 1.67. The number of amides is 1. The SMILES string of the molecule is Cc1nn(-c2ccc(C(=O)NCc3ccc(F)cc3)cc2[N+](=O)[O-])c2c1C(=O)CC(C)(C)C2. The van der Waals surface area contributed by atoms with E-state index in [4.69, 9.17) is 0 Å². The smallest absolute Gasteiger partial charge is 0.295 e. The number of carbonyl (C=O) groups is 2. The molecule has 1 heterocycles. The van der Waals surface area contributed by atoms with Gasteiger partial charge < -0.3 is 5.32 Å². The number of aryl methyl sites for hydroxylation is 1. The summed E-state index contributed by atoms with van der Waals surface area (Å²) in [5, 5.41) is 19.0. The molecule has 0 saturated carbocycles. The Morgan fingerprint density at radius 2 is 1.91 bits per heavy atom. The molecule has 1 amide bonds. The van der Waals surface area contributed by atoms with Gasteiger partial charge in [0.05, 0.1) is 21.9 Å². The third-order valence-corrected chi connectivity index (χ3v) is 5.75. The Labute approximate surface area is 189 Å². The fourth-order valence-corrected chi connectivity index (χ4v) is 4.22. The highest BCUT2D eigenvalue weighted by Gasteiger charge is 2.36. The largest absolute Gasteiger partial charge is 0.348 e. The first kappa shape index (κ1) is 22.3. The molecule has 1 aliphatic carbocycles. The van der Waals surface area contributed by atoms with Gasteiger partial charge in [-0.2, -0.15) is 5.10 Å². The van der Waals surface area contributed by atoms with Crippen LogP contribution in [0, 0.1) is 28.3 Å². The van der Waals surface area contributed by atoms with Crippen LogP contribution < -0.4 is 5.32 Å². The number of nitrogens with one attached hydrogen (secondary N) is 1. The maximum atomic E-state index is 13.0. The van der Waals surface area contributed by atoms with Crippen molar-refractivity contribution in [1.29, 1.82) is 0 Å². The molecule has 0 fully saturated rings. The van der Waals surface area contributed by atoms with Gasteiger partial charge >= 0.3 is 0 Å². The second-order valence-electron chi connectivity index (χ2n) is 9.03. The number of aromatic nitrogens is 2. The van der Waals surface area contributed by atoms with Crippen molar-refractivity contribution in [2.24, 2.45) is 5.41 Å². The van der Waals surface area contributed by atoms with Gasteiger partial charge in [-0.25, -0.2) is 9.07 Å². The topological polar surface area (TPSA) is 107 Å². The monoisotopic (exact) mass is 450 g/mol. The molecule has 9 heteroatoms. The minimum absolute atomic E-state index is 0.0237. The number of Topliss-reactive ketones (excluding diaryl/α,β-unsaturated/α-hetero) is 1. The molecule has 0 aliphatic heterocycles. The molecule has 33 heavy (non-hydrogen) atoms. The zero-order valence-electron chi connectivity index (χ0n) is 18.5. The molecule has 0 bridgehead atoms. The fraction of sp³-hybridized carbons (Fsp3) is 0.292. The average Bonchev–Trinajstić information content (AvgIpc) is 3.07. The van der Waals surface area contributed by atoms with Crippen molar-refractivity contribution < 1.29 is 18.9 Å². The molecule has 8 nitrogen and oxygen atoms in total. The molecule has 0 saturated heterocycles. The normalized spacial score (nSPS) is 14.6. The lowest BCUT2D eigenvalue weighted by Crippen LogP contribution is -2.28. The van der Waals surface area contributed by atoms with Crippen LogP contribution in [0.2, 0.25) is 0 Å². The van der Waals surface area contributed by atoms with Crippen molar-refractivity contribution in [3.63, 3.8) is 0 Å². The first-order valence-electron chi connectivity index (χ1n) is 10.5. The lowest BCUT2D eigenvalue weighted by Gasteiger charge is -2.29. The average molecular weight is 450 g/mol. The zero-order chi connectivity index (χ0) is 23.9. The summed E-state index contributed by atoms with van der Waals surface area (Å²) < 4.78 is 14.5. The minimum atomic E-state index is -0.564. The number of carbonyl (C=O) groups excluding carboxylic acids is 2. The van der Waals surface area contributed by atoms with E-state index >= 15 is 0 Å². The molecule has 1 N–H and O–H groups in total. The Hall–Kier alpha value is -3.88. The van der Waals surface area contributed by atoms with E-state index in [1.165, 1.54) is 35.0 Å². The van der Waals surface area contributed by atoms with Gasteiger partial charge in [-0.15, -0.1) is 0 Å². The van der Waals surface area contributed by atoms with Crippen LogP contribution >= 0.6 is 0 Å². The summed E-state index contributed by atoms with van der Waals surface area (Å²) in [5.74, 6) is -0.897. The summed E-state index contributed by atoms with van der Waals surface area (Å²) in [6.07, 6.45) is 0.938. The molecule has 1 aromatic heterocycles. The van der Waals surface area contributed by atoms with Gasteiger partial charge in [0.15, 0.2) is 5.78 Å². The number of hydrogen-bond donors (Lipinski definition) is 1. The van der Waals surface area contributed by atoms with E-state index in [0.717, 1.165) is 0 Å². The van der Waals surface area contributed by atoms with Gasteiger partial charge in [-0.1, -0.05) is 26.0 Å². The molecule has 0 unspecified atom stereocenters. The number of fused-ring (bicyclic) bond motifs is 1. The number of benzene rings is 2. The maximum absolute atomic E-state index is 13.0. The lowest BCUT2D eigenvalue weighted by atomic mass is 9.75. The molecular weight excluding hydrogens is 427 g/mol. The van der Waals surface area contributed by atoms with Crippen molar-refractivity contribution in [1.82, 2.24) is 15.1 Å². The number of nitro benzene ring substituents is 1. The summed E-state index contributed by atoms with van der Waals surface area (Å²) in [4.78, 5) is 36.6. The van der Waals surface area contributed by atoms with Gasteiger partial charge in [-0.05, 0) is 48.6 Å². The highest BCUT2D eigenvalue weighted by atomic mass is 19.1. The number of rotatable bonds is 5. The number of ketones is 1. The summed E-state index contributed by atoms with van der Waals surface area (Å²) >= 11 is 0. The van der Waals surface area contributed by atoms with Crippen LogP contribution in [0.1, 0.15) is 57.9 Å². The first-order valence-corrected chi connectivity index (χ1v) is 10.5. The standard InChI is InChI=1S/C24H23FN4O4/c1-14-22-20(11-24(2,3)12-21(22)30)28(27-14)18-9-6-16(10-19(18)29(32)33)23(31)26-13-15-4-7-17(25)8-5-15/h4-10H,11-13H2,1-3H3,(H,26,31). The van der Waals surface area contributed by atoms with Crippen LogP contribution in [0.4, 0.5) is 10.1 Å². The zero-order valence-corrected chi connectivity index (χ0v) is 18.5. The van der Waals surface area contributed by atoms with E-state index in [1.807, 2.05) is 13.8 Å². The first-order chi connectivity index (χ1) is 15.6. The third kappa shape index (κ3) is 4.39. The van der Waals surface area contributed by atoms with Gasteiger partial charge in [0, 0.05) is 24.6 Å². The van der Waals surface area contributed by atoms with E-state index in [9.17, 15) is 24.1 Å². The van der Waals surface area contributed by atoms with E-state index in [2.05, 4.69) is 10.4 Å². The number of halogens is 1. The van der Waals surface area contributed by atoms with Gasteiger partial charge in [0.2, 0.25) is 0 Å². The highest BCUT2D eigenvalue weighted by molar-refractivity contribution is 6.00. The highest BCUT2D eigenvalue weighted by Crippen LogP contribution is 2.38. The van der Waals surface area contributed by atoms with Crippen molar-refractivity contribution in [3.05, 3.63) is 86.5 Å². The third-order valence-electron chi connectivity index (χ3n) is 5.75. The molecule has 0 spiro atoms. The van der Waals surface area contributed by atoms with Crippen LogP contribution in [-0.2, 0) is 13.0 Å². The van der Waals surface area contributed by atoms with Crippen LogP contribution in [-0.4, -0.2) is 26.4 Å². The fourth-order valence-electron chi connectivity index (χ4n) is 4.22. The molecule has 4 rings (SSSR count). The molecule has 2 aromatic carbocycles. The van der Waals surface area contributed by atoms with E-state index in [0.29, 0.717) is 35.4 Å². The van der Waals surface area contributed by atoms with E-state index in [-0.39, 0.29) is 40.5 Å². The predicted octanol–water partition coefficient (Wildman–Crippen LogP) is 4.31. The molecule has 3 aromatic rings.